The van der Waals surface area contributed by atoms with Crippen LogP contribution < -0.4 is 4.74 Å². The first kappa shape index (κ1) is 27.4. The fourth-order valence-corrected chi connectivity index (χ4v) is 9.92. The molecular formula is C39H40O2S. The summed E-state index contributed by atoms with van der Waals surface area (Å²) in [5.41, 5.74) is 6.80. The van der Waals surface area contributed by atoms with E-state index in [1.54, 1.807) is 11.8 Å². The van der Waals surface area contributed by atoms with E-state index in [9.17, 15) is 5.11 Å². The van der Waals surface area contributed by atoms with Crippen molar-refractivity contribution in [2.24, 2.45) is 10.8 Å². The molecule has 0 saturated heterocycles. The second kappa shape index (κ2) is 9.54. The Morgan fingerprint density at radius 1 is 0.762 bits per heavy atom. The first-order chi connectivity index (χ1) is 20.0. The first-order valence-electron chi connectivity index (χ1n) is 15.3. The third-order valence-corrected chi connectivity index (χ3v) is 10.8. The molecule has 214 valence electrons. The molecule has 0 radical (unpaired) electrons. The molecule has 0 bridgehead atoms. The van der Waals surface area contributed by atoms with Crippen molar-refractivity contribution in [2.45, 2.75) is 76.0 Å². The van der Waals surface area contributed by atoms with Crippen LogP contribution in [0.1, 0.15) is 70.6 Å². The van der Waals surface area contributed by atoms with Gasteiger partial charge in [-0.05, 0) is 106 Å². The van der Waals surface area contributed by atoms with Crippen LogP contribution in [0.15, 0.2) is 88.7 Å². The number of hydrogen-bond donors (Lipinski definition) is 1. The van der Waals surface area contributed by atoms with Crippen LogP contribution in [0.2, 0.25) is 0 Å². The molecule has 1 spiro atoms. The van der Waals surface area contributed by atoms with E-state index in [0.717, 1.165) is 34.3 Å². The molecule has 7 rings (SSSR count). The SMILES string of the molecule is CCOc1cc2c(O)cc3c(c2cc1Sc1c(C)ccc2ccccc12)-c1ccccc1C31CC(C)(C)CC(C)(C)C1. The van der Waals surface area contributed by atoms with Crippen LogP contribution in [0, 0.1) is 17.8 Å². The summed E-state index contributed by atoms with van der Waals surface area (Å²) in [6, 6.07) is 28.5. The van der Waals surface area contributed by atoms with E-state index in [4.69, 9.17) is 4.74 Å². The zero-order chi connectivity index (χ0) is 29.4. The molecule has 42 heavy (non-hydrogen) atoms. The van der Waals surface area contributed by atoms with Gasteiger partial charge in [-0.15, -0.1) is 0 Å². The number of fused-ring (bicyclic) bond motifs is 8. The zero-order valence-electron chi connectivity index (χ0n) is 25.6. The Balaban J connectivity index is 1.51. The highest BCUT2D eigenvalue weighted by Crippen LogP contribution is 2.65. The van der Waals surface area contributed by atoms with Crippen LogP contribution in [0.25, 0.3) is 32.7 Å². The largest absolute Gasteiger partial charge is 0.507 e. The van der Waals surface area contributed by atoms with Crippen LogP contribution in [0.4, 0.5) is 0 Å². The summed E-state index contributed by atoms with van der Waals surface area (Å²) >= 11 is 1.78. The fourth-order valence-electron chi connectivity index (χ4n) is 8.78. The highest BCUT2D eigenvalue weighted by molar-refractivity contribution is 7.99. The standard InChI is InChI=1S/C39H40O2S/c1-7-41-33-18-28-29(19-34(33)42-36-24(2)16-17-25-12-8-9-13-26(25)36)35-27-14-10-11-15-30(27)39(31(35)20-32(28)40)22-37(3,4)21-38(5,6)23-39/h8-20,40H,7,21-23H2,1-6H3. The van der Waals surface area contributed by atoms with E-state index in [2.05, 4.69) is 113 Å². The number of ether oxygens (including phenoxy) is 1. The molecule has 0 amide bonds. The maximum atomic E-state index is 11.7. The summed E-state index contributed by atoms with van der Waals surface area (Å²) in [5, 5.41) is 16.1. The maximum Gasteiger partial charge on any atom is 0.133 e. The summed E-state index contributed by atoms with van der Waals surface area (Å²) in [4.78, 5) is 2.33. The van der Waals surface area contributed by atoms with Gasteiger partial charge in [0.2, 0.25) is 0 Å². The van der Waals surface area contributed by atoms with Crippen molar-refractivity contribution in [2.75, 3.05) is 6.61 Å². The van der Waals surface area contributed by atoms with E-state index in [-0.39, 0.29) is 16.2 Å². The summed E-state index contributed by atoms with van der Waals surface area (Å²) in [7, 11) is 0. The summed E-state index contributed by atoms with van der Waals surface area (Å²) in [6.45, 7) is 14.5. The molecular weight excluding hydrogens is 532 g/mol. The molecule has 1 saturated carbocycles. The van der Waals surface area contributed by atoms with Crippen molar-refractivity contribution in [3.05, 3.63) is 95.6 Å². The van der Waals surface area contributed by atoms with Gasteiger partial charge >= 0.3 is 0 Å². The smallest absolute Gasteiger partial charge is 0.133 e. The lowest BCUT2D eigenvalue weighted by atomic mass is 9.52. The molecule has 1 fully saturated rings. The Labute approximate surface area is 254 Å². The van der Waals surface area contributed by atoms with E-state index < -0.39 is 0 Å². The van der Waals surface area contributed by atoms with Crippen LogP contribution >= 0.6 is 11.8 Å². The molecule has 0 atom stereocenters. The van der Waals surface area contributed by atoms with Gasteiger partial charge in [-0.3, -0.25) is 0 Å². The monoisotopic (exact) mass is 572 g/mol. The second-order valence-corrected chi connectivity index (χ2v) is 15.2. The van der Waals surface area contributed by atoms with Gasteiger partial charge in [0, 0.05) is 15.7 Å². The molecule has 0 unspecified atom stereocenters. The number of aromatic hydroxyl groups is 1. The molecule has 0 aromatic heterocycles. The van der Waals surface area contributed by atoms with Gasteiger partial charge in [0.1, 0.15) is 11.5 Å². The number of aryl methyl sites for hydroxylation is 1. The predicted molar refractivity (Wildman–Crippen MR) is 177 cm³/mol. The molecule has 0 heterocycles. The van der Waals surface area contributed by atoms with E-state index in [1.165, 1.54) is 49.9 Å². The van der Waals surface area contributed by atoms with Crippen molar-refractivity contribution in [3.63, 3.8) is 0 Å². The lowest BCUT2D eigenvalue weighted by Crippen LogP contribution is -2.43. The summed E-state index contributed by atoms with van der Waals surface area (Å²) in [6.07, 6.45) is 3.35. The number of hydrogen-bond acceptors (Lipinski definition) is 3. The number of benzene rings is 5. The number of rotatable bonds is 4. The third kappa shape index (κ3) is 4.23. The third-order valence-electron chi connectivity index (χ3n) is 9.51. The van der Waals surface area contributed by atoms with Gasteiger partial charge in [-0.1, -0.05) is 100 Å². The molecule has 5 aromatic rings. The first-order valence-corrected chi connectivity index (χ1v) is 16.1. The highest BCUT2D eigenvalue weighted by atomic mass is 32.2. The quantitative estimate of drug-likeness (QED) is 0.232. The Kier molecular flexibility index (Phi) is 6.23. The van der Waals surface area contributed by atoms with Gasteiger partial charge in [-0.2, -0.15) is 0 Å². The zero-order valence-corrected chi connectivity index (χ0v) is 26.4. The van der Waals surface area contributed by atoms with Crippen molar-refractivity contribution in [3.8, 4) is 22.6 Å². The van der Waals surface area contributed by atoms with Crippen molar-refractivity contribution < 1.29 is 9.84 Å². The summed E-state index contributed by atoms with van der Waals surface area (Å²) < 4.78 is 6.25. The van der Waals surface area contributed by atoms with Gasteiger partial charge in [0.15, 0.2) is 0 Å². The van der Waals surface area contributed by atoms with Gasteiger partial charge in [0.05, 0.1) is 11.5 Å². The molecule has 5 aromatic carbocycles. The minimum absolute atomic E-state index is 0.124. The fraction of sp³-hybridized carbons (Fsp3) is 0.333. The Hall–Kier alpha value is -3.43. The van der Waals surface area contributed by atoms with Crippen LogP contribution in [0.5, 0.6) is 11.5 Å². The van der Waals surface area contributed by atoms with Crippen molar-refractivity contribution in [1.82, 2.24) is 0 Å². The van der Waals surface area contributed by atoms with Gasteiger partial charge in [-0.25, -0.2) is 0 Å². The molecule has 1 N–H and O–H groups in total. The Morgan fingerprint density at radius 3 is 2.24 bits per heavy atom. The van der Waals surface area contributed by atoms with Crippen molar-refractivity contribution in [1.29, 1.82) is 0 Å². The maximum absolute atomic E-state index is 11.7. The average molecular weight is 573 g/mol. The normalized spacial score (nSPS) is 17.9. The minimum Gasteiger partial charge on any atom is -0.507 e. The predicted octanol–water partition coefficient (Wildman–Crippen LogP) is 11.1. The number of phenolic OH excluding ortho intramolecular Hbond substituents is 1. The highest BCUT2D eigenvalue weighted by Gasteiger charge is 2.53. The van der Waals surface area contributed by atoms with Gasteiger partial charge in [0.25, 0.3) is 0 Å². The van der Waals surface area contributed by atoms with Crippen LogP contribution in [-0.2, 0) is 5.41 Å². The summed E-state index contributed by atoms with van der Waals surface area (Å²) in [5.74, 6) is 1.16. The molecule has 3 heteroatoms. The molecule has 2 nitrogen and oxygen atoms in total. The van der Waals surface area contributed by atoms with E-state index in [1.807, 2.05) is 6.92 Å². The van der Waals surface area contributed by atoms with Crippen LogP contribution in [0.3, 0.4) is 0 Å². The van der Waals surface area contributed by atoms with Crippen LogP contribution in [-0.4, -0.2) is 11.7 Å². The topological polar surface area (TPSA) is 29.5 Å². The van der Waals surface area contributed by atoms with E-state index >= 15 is 0 Å². The Morgan fingerprint density at radius 2 is 1.48 bits per heavy atom. The molecule has 2 aliphatic rings. The molecule has 0 aliphatic heterocycles. The van der Waals surface area contributed by atoms with Gasteiger partial charge < -0.3 is 9.84 Å². The molecule has 2 aliphatic carbocycles. The average Bonchev–Trinajstić information content (AvgIpc) is 3.17. The van der Waals surface area contributed by atoms with Crippen molar-refractivity contribution >= 4 is 33.3 Å². The Bertz CT molecular complexity index is 1860. The van der Waals surface area contributed by atoms with E-state index in [0.29, 0.717) is 12.4 Å². The minimum atomic E-state index is -0.124. The lowest BCUT2D eigenvalue weighted by Gasteiger charge is -2.51. The lowest BCUT2D eigenvalue weighted by molar-refractivity contribution is 0.0645. The number of phenols is 1. The second-order valence-electron chi connectivity index (χ2n) is 14.1.